The Bertz CT molecular complexity index is 437. The summed E-state index contributed by atoms with van der Waals surface area (Å²) in [6.45, 7) is 0. The Labute approximate surface area is 137 Å². The maximum Gasteiger partial charge on any atom is 0.293 e. The van der Waals surface area contributed by atoms with E-state index in [2.05, 4.69) is 0 Å². The van der Waals surface area contributed by atoms with Gasteiger partial charge in [-0.05, 0) is 12.2 Å². The minimum Gasteiger partial charge on any atom is -0.457 e. The van der Waals surface area contributed by atoms with Crippen LogP contribution in [0.3, 0.4) is 0 Å². The van der Waals surface area contributed by atoms with Crippen LogP contribution in [0.4, 0.5) is 0 Å². The van der Waals surface area contributed by atoms with E-state index in [1.54, 1.807) is 0 Å². The fourth-order valence-electron chi connectivity index (χ4n) is 1.55. The van der Waals surface area contributed by atoms with Crippen molar-refractivity contribution in [3.8, 4) is 0 Å². The van der Waals surface area contributed by atoms with Gasteiger partial charge in [0.1, 0.15) is 5.76 Å². The number of alkyl halides is 7. The Kier molecular flexibility index (Phi) is 3.57. The molecule has 0 aromatic carbocycles. The minimum absolute atomic E-state index is 0.0277. The van der Waals surface area contributed by atoms with E-state index < -0.39 is 18.1 Å². The fourth-order valence-corrected chi connectivity index (χ4v) is 4.02. The summed E-state index contributed by atoms with van der Waals surface area (Å²) in [5, 5.41) is 0.0277. The van der Waals surface area contributed by atoms with Crippen LogP contribution in [-0.2, 0) is 4.74 Å². The van der Waals surface area contributed by atoms with Crippen molar-refractivity contribution in [3.05, 3.63) is 22.9 Å². The summed E-state index contributed by atoms with van der Waals surface area (Å²) in [5.74, 6) is 0.0450. The monoisotopic (exact) mass is 394 g/mol. The quantitative estimate of drug-likeness (QED) is 0.491. The average molecular weight is 398 g/mol. The number of halogens is 8. The highest BCUT2D eigenvalue weighted by molar-refractivity contribution is 6.70. The lowest BCUT2D eigenvalue weighted by Crippen LogP contribution is -2.56. The molecule has 2 aliphatic rings. The molecule has 1 unspecified atom stereocenters. The van der Waals surface area contributed by atoms with E-state index in [1.807, 2.05) is 0 Å². The second-order valence-electron chi connectivity index (χ2n) is 3.47. The summed E-state index contributed by atoms with van der Waals surface area (Å²) >= 11 is 48.3. The van der Waals surface area contributed by atoms with E-state index in [1.165, 1.54) is 12.2 Å². The van der Waals surface area contributed by atoms with E-state index in [0.717, 1.165) is 0 Å². The van der Waals surface area contributed by atoms with Gasteiger partial charge in [0.2, 0.25) is 4.33 Å². The third-order valence-electron chi connectivity index (χ3n) is 2.49. The zero-order valence-corrected chi connectivity index (χ0v) is 13.6. The number of fused-ring (bicyclic) bond motifs is 1. The largest absolute Gasteiger partial charge is 0.457 e. The highest BCUT2D eigenvalue weighted by Crippen LogP contribution is 2.70. The van der Waals surface area contributed by atoms with Crippen molar-refractivity contribution in [2.24, 2.45) is 0 Å². The Balaban J connectivity index is 2.70. The summed E-state index contributed by atoms with van der Waals surface area (Å²) in [5.41, 5.74) is 0. The lowest BCUT2D eigenvalue weighted by atomic mass is 9.94. The first kappa shape index (κ1) is 15.0. The Morgan fingerprint density at radius 2 is 1.41 bits per heavy atom. The van der Waals surface area contributed by atoms with Gasteiger partial charge in [-0.25, -0.2) is 0 Å². The van der Waals surface area contributed by atoms with Gasteiger partial charge in [0.05, 0.1) is 5.03 Å². The fraction of sp³-hybridized carbons (Fsp3) is 0.500. The van der Waals surface area contributed by atoms with E-state index >= 15 is 0 Å². The Morgan fingerprint density at radius 3 is 1.94 bits per heavy atom. The third kappa shape index (κ3) is 1.67. The highest BCUT2D eigenvalue weighted by atomic mass is 35.5. The van der Waals surface area contributed by atoms with Crippen molar-refractivity contribution in [1.29, 1.82) is 0 Å². The molecule has 0 bridgehead atoms. The molecular formula is C8H2Cl8O. The summed E-state index contributed by atoms with van der Waals surface area (Å²) < 4.78 is -0.657. The zero-order chi connectivity index (χ0) is 13.3. The molecular weight excluding hydrogens is 396 g/mol. The molecule has 1 fully saturated rings. The Hall–Kier alpha value is 1.60. The molecule has 1 saturated heterocycles. The van der Waals surface area contributed by atoms with Gasteiger partial charge < -0.3 is 4.74 Å². The van der Waals surface area contributed by atoms with Crippen molar-refractivity contribution < 1.29 is 4.74 Å². The van der Waals surface area contributed by atoms with Crippen molar-refractivity contribution in [1.82, 2.24) is 0 Å². The molecule has 1 nitrogen and oxygen atoms in total. The molecule has 0 N–H and O–H groups in total. The van der Waals surface area contributed by atoms with Crippen LogP contribution in [0.15, 0.2) is 22.9 Å². The van der Waals surface area contributed by atoms with E-state index in [4.69, 9.17) is 97.5 Å². The van der Waals surface area contributed by atoms with Gasteiger partial charge in [0.15, 0.2) is 9.21 Å². The van der Waals surface area contributed by atoms with E-state index in [-0.39, 0.29) is 10.8 Å². The highest BCUT2D eigenvalue weighted by Gasteiger charge is 2.79. The maximum atomic E-state index is 6.32. The van der Waals surface area contributed by atoms with Gasteiger partial charge in [-0.2, -0.15) is 0 Å². The summed E-state index contributed by atoms with van der Waals surface area (Å²) in [4.78, 5) is -1.80. The van der Waals surface area contributed by atoms with Crippen molar-refractivity contribution >= 4 is 92.8 Å². The van der Waals surface area contributed by atoms with Crippen molar-refractivity contribution in [3.63, 3.8) is 0 Å². The summed E-state index contributed by atoms with van der Waals surface area (Å²) in [7, 11) is 0. The van der Waals surface area contributed by atoms with Crippen molar-refractivity contribution in [2.45, 2.75) is 18.1 Å². The molecule has 0 saturated carbocycles. The molecule has 1 atom stereocenters. The normalized spacial score (nSPS) is 36.7. The molecule has 0 radical (unpaired) electrons. The lowest BCUT2D eigenvalue weighted by molar-refractivity contribution is 0.189. The Morgan fingerprint density at radius 1 is 0.882 bits per heavy atom. The van der Waals surface area contributed by atoms with Crippen LogP contribution < -0.4 is 0 Å². The van der Waals surface area contributed by atoms with E-state index in [9.17, 15) is 0 Å². The number of ether oxygens (including phenoxy) is 1. The van der Waals surface area contributed by atoms with Gasteiger partial charge >= 0.3 is 0 Å². The number of rotatable bonds is 0. The van der Waals surface area contributed by atoms with Gasteiger partial charge in [0, 0.05) is 0 Å². The van der Waals surface area contributed by atoms with Crippen LogP contribution in [0, 0.1) is 0 Å². The van der Waals surface area contributed by atoms with E-state index in [0.29, 0.717) is 0 Å². The molecule has 0 spiro atoms. The second kappa shape index (κ2) is 4.05. The number of allylic oxidation sites excluding steroid dienone is 4. The molecule has 1 aliphatic carbocycles. The molecule has 0 aromatic rings. The first-order valence-corrected chi connectivity index (χ1v) is 7.10. The van der Waals surface area contributed by atoms with Crippen LogP contribution in [0.1, 0.15) is 0 Å². The molecule has 2 rings (SSSR count). The van der Waals surface area contributed by atoms with Crippen LogP contribution in [-0.4, -0.2) is 18.1 Å². The van der Waals surface area contributed by atoms with Gasteiger partial charge in [-0.3, -0.25) is 0 Å². The van der Waals surface area contributed by atoms with Crippen LogP contribution in [0.2, 0.25) is 0 Å². The topological polar surface area (TPSA) is 9.23 Å². The molecule has 0 amide bonds. The van der Waals surface area contributed by atoms with Crippen LogP contribution in [0.25, 0.3) is 0 Å². The summed E-state index contributed by atoms with van der Waals surface area (Å²) in [6, 6.07) is 0. The first-order chi connectivity index (χ1) is 7.48. The SMILES string of the molecule is ClC1=CC=C2OC(Cl)(Cl)C(Cl)(Cl)C2(Cl)C1(Cl)Cl. The molecule has 0 aromatic heterocycles. The molecule has 1 heterocycles. The molecule has 96 valence electrons. The third-order valence-corrected chi connectivity index (χ3v) is 7.41. The van der Waals surface area contributed by atoms with Crippen LogP contribution in [0.5, 0.6) is 0 Å². The lowest BCUT2D eigenvalue weighted by Gasteiger charge is -2.41. The number of hydrogen-bond acceptors (Lipinski definition) is 1. The minimum atomic E-state index is -2.01. The van der Waals surface area contributed by atoms with Gasteiger partial charge in [-0.15, -0.1) is 11.6 Å². The van der Waals surface area contributed by atoms with Crippen LogP contribution >= 0.6 is 92.8 Å². The average Bonchev–Trinajstić information content (AvgIpc) is 2.32. The smallest absolute Gasteiger partial charge is 0.293 e. The summed E-state index contributed by atoms with van der Waals surface area (Å²) in [6.07, 6.45) is 2.81. The zero-order valence-electron chi connectivity index (χ0n) is 7.59. The number of hydrogen-bond donors (Lipinski definition) is 0. The van der Waals surface area contributed by atoms with Gasteiger partial charge in [-0.1, -0.05) is 81.2 Å². The maximum absolute atomic E-state index is 6.32. The predicted octanol–water partition coefficient (Wildman–Crippen LogP) is 5.49. The predicted molar refractivity (Wildman–Crippen MR) is 75.0 cm³/mol. The second-order valence-corrected chi connectivity index (χ2v) is 8.36. The van der Waals surface area contributed by atoms with Crippen molar-refractivity contribution in [2.75, 3.05) is 0 Å². The standard InChI is InChI=1S/C8H2Cl8O/c9-3-1-2-4-5(10,6(3,11)12)7(13,14)8(15,16)17-4/h1-2H. The van der Waals surface area contributed by atoms with Gasteiger partial charge in [0.25, 0.3) is 4.52 Å². The molecule has 9 heteroatoms. The first-order valence-electron chi connectivity index (χ1n) is 4.08. The molecule has 1 aliphatic heterocycles. The molecule has 17 heavy (non-hydrogen) atoms.